The number of rotatable bonds is 5. The second kappa shape index (κ2) is 7.18. The summed E-state index contributed by atoms with van der Waals surface area (Å²) in [5.74, 6) is 1.61. The number of hydrogen-bond donors (Lipinski definition) is 1. The van der Waals surface area contributed by atoms with Crippen molar-refractivity contribution in [2.24, 2.45) is 0 Å². The molecule has 0 unspecified atom stereocenters. The van der Waals surface area contributed by atoms with Crippen LogP contribution in [0.5, 0.6) is 0 Å². The second-order valence-electron chi connectivity index (χ2n) is 4.42. The van der Waals surface area contributed by atoms with Crippen molar-refractivity contribution in [3.8, 4) is 11.4 Å². The maximum atomic E-state index is 4.71. The van der Waals surface area contributed by atoms with Crippen molar-refractivity contribution in [2.45, 2.75) is 26.7 Å². The van der Waals surface area contributed by atoms with E-state index in [1.165, 1.54) is 0 Å². The van der Waals surface area contributed by atoms with Crippen molar-refractivity contribution in [3.05, 3.63) is 38.9 Å². The molecule has 3 nitrogen and oxygen atoms in total. The molecule has 0 aliphatic heterocycles. The number of halogens is 2. The van der Waals surface area contributed by atoms with Gasteiger partial charge < -0.3 is 5.32 Å². The number of benzene rings is 1. The fraction of sp³-hybridized carbons (Fsp3) is 0.333. The Morgan fingerprint density at radius 1 is 1.10 bits per heavy atom. The van der Waals surface area contributed by atoms with E-state index in [2.05, 4.69) is 56.0 Å². The lowest BCUT2D eigenvalue weighted by molar-refractivity contribution is 0.867. The first-order valence-electron chi connectivity index (χ1n) is 6.72. The van der Waals surface area contributed by atoms with Gasteiger partial charge in [0.2, 0.25) is 0 Å². The summed E-state index contributed by atoms with van der Waals surface area (Å²) in [6.45, 7) is 5.04. The van der Waals surface area contributed by atoms with Gasteiger partial charge in [0.05, 0.1) is 10.2 Å². The Labute approximate surface area is 136 Å². The fourth-order valence-corrected chi connectivity index (χ4v) is 2.92. The highest BCUT2D eigenvalue weighted by molar-refractivity contribution is 9.11. The van der Waals surface area contributed by atoms with Gasteiger partial charge in [-0.15, -0.1) is 0 Å². The predicted molar refractivity (Wildman–Crippen MR) is 91.0 cm³/mol. The molecule has 2 rings (SSSR count). The summed E-state index contributed by atoms with van der Waals surface area (Å²) < 4.78 is 1.98. The summed E-state index contributed by atoms with van der Waals surface area (Å²) in [5, 5.41) is 3.29. The molecule has 1 aromatic carbocycles. The van der Waals surface area contributed by atoms with Gasteiger partial charge in [-0.3, -0.25) is 0 Å². The Bertz CT molecular complexity index is 572. The first-order chi connectivity index (χ1) is 9.67. The highest BCUT2D eigenvalue weighted by Crippen LogP contribution is 2.31. The minimum atomic E-state index is 0.750. The van der Waals surface area contributed by atoms with Gasteiger partial charge in [0.1, 0.15) is 5.82 Å². The third kappa shape index (κ3) is 3.38. The van der Waals surface area contributed by atoms with Gasteiger partial charge in [0.25, 0.3) is 0 Å². The van der Waals surface area contributed by atoms with Gasteiger partial charge in [-0.1, -0.05) is 47.5 Å². The number of aromatic nitrogens is 2. The minimum absolute atomic E-state index is 0.750. The van der Waals surface area contributed by atoms with E-state index in [0.717, 1.165) is 51.2 Å². The van der Waals surface area contributed by atoms with Crippen LogP contribution in [0.1, 0.15) is 26.0 Å². The molecule has 0 bridgehead atoms. The van der Waals surface area contributed by atoms with Crippen molar-refractivity contribution in [3.63, 3.8) is 0 Å². The summed E-state index contributed by atoms with van der Waals surface area (Å²) in [6, 6.07) is 8.02. The van der Waals surface area contributed by atoms with Crippen LogP contribution in [0.25, 0.3) is 11.4 Å². The van der Waals surface area contributed by atoms with E-state index < -0.39 is 0 Å². The van der Waals surface area contributed by atoms with Crippen LogP contribution in [0, 0.1) is 0 Å². The Morgan fingerprint density at radius 2 is 1.85 bits per heavy atom. The van der Waals surface area contributed by atoms with Gasteiger partial charge >= 0.3 is 0 Å². The molecule has 0 aliphatic rings. The highest BCUT2D eigenvalue weighted by Gasteiger charge is 2.14. The van der Waals surface area contributed by atoms with Gasteiger partial charge in [-0.25, -0.2) is 9.97 Å². The maximum Gasteiger partial charge on any atom is 0.162 e. The van der Waals surface area contributed by atoms with E-state index in [9.17, 15) is 0 Å². The van der Waals surface area contributed by atoms with Crippen molar-refractivity contribution in [2.75, 3.05) is 11.9 Å². The lowest BCUT2D eigenvalue weighted by Crippen LogP contribution is -2.06. The molecule has 20 heavy (non-hydrogen) atoms. The normalized spacial score (nSPS) is 10.6. The summed E-state index contributed by atoms with van der Waals surface area (Å²) in [5.41, 5.74) is 2.06. The molecule has 0 fully saturated rings. The van der Waals surface area contributed by atoms with Crippen LogP contribution in [0.4, 0.5) is 5.82 Å². The summed E-state index contributed by atoms with van der Waals surface area (Å²) in [6.07, 6.45) is 1.98. The molecule has 1 heterocycles. The summed E-state index contributed by atoms with van der Waals surface area (Å²) >= 11 is 7.18. The SMILES string of the molecule is CCCc1nc(-c2ccccc2Br)nc(NCC)c1Br. The molecule has 0 atom stereocenters. The van der Waals surface area contributed by atoms with Crippen LogP contribution in [-0.4, -0.2) is 16.5 Å². The molecule has 1 N–H and O–H groups in total. The monoisotopic (exact) mass is 397 g/mol. The number of hydrogen-bond acceptors (Lipinski definition) is 3. The van der Waals surface area contributed by atoms with Crippen LogP contribution < -0.4 is 5.32 Å². The largest absolute Gasteiger partial charge is 0.369 e. The Balaban J connectivity index is 2.56. The molecule has 1 aromatic heterocycles. The maximum absolute atomic E-state index is 4.71. The average Bonchev–Trinajstić information content (AvgIpc) is 2.44. The standard InChI is InChI=1S/C15H17Br2N3/c1-3-7-12-13(17)15(18-4-2)20-14(19-12)10-8-5-6-9-11(10)16/h5-6,8-9H,3-4,7H2,1-2H3,(H,18,19,20). The minimum Gasteiger partial charge on any atom is -0.369 e. The molecule has 0 spiro atoms. The molecular formula is C15H17Br2N3. The summed E-state index contributed by atoms with van der Waals surface area (Å²) in [7, 11) is 0. The Kier molecular flexibility index (Phi) is 5.54. The third-order valence-electron chi connectivity index (χ3n) is 2.87. The van der Waals surface area contributed by atoms with Crippen LogP contribution in [0.15, 0.2) is 33.2 Å². The van der Waals surface area contributed by atoms with Crippen LogP contribution in [0.3, 0.4) is 0 Å². The van der Waals surface area contributed by atoms with E-state index in [0.29, 0.717) is 0 Å². The lowest BCUT2D eigenvalue weighted by Gasteiger charge is -2.12. The van der Waals surface area contributed by atoms with E-state index in [1.807, 2.05) is 24.3 Å². The van der Waals surface area contributed by atoms with Crippen molar-refractivity contribution in [1.29, 1.82) is 0 Å². The molecule has 2 aromatic rings. The molecule has 0 aliphatic carbocycles. The molecule has 0 saturated carbocycles. The van der Waals surface area contributed by atoms with Crippen molar-refractivity contribution >= 4 is 37.7 Å². The lowest BCUT2D eigenvalue weighted by atomic mass is 10.2. The van der Waals surface area contributed by atoms with E-state index in [-0.39, 0.29) is 0 Å². The highest BCUT2D eigenvalue weighted by atomic mass is 79.9. The zero-order valence-electron chi connectivity index (χ0n) is 11.6. The predicted octanol–water partition coefficient (Wildman–Crippen LogP) is 5.05. The van der Waals surface area contributed by atoms with Crippen LogP contribution >= 0.6 is 31.9 Å². The van der Waals surface area contributed by atoms with E-state index in [4.69, 9.17) is 4.98 Å². The number of anilines is 1. The first-order valence-corrected chi connectivity index (χ1v) is 8.31. The topological polar surface area (TPSA) is 37.8 Å². The van der Waals surface area contributed by atoms with Gasteiger partial charge in [-0.2, -0.15) is 0 Å². The first kappa shape index (κ1) is 15.4. The number of aryl methyl sites for hydroxylation is 1. The van der Waals surface area contributed by atoms with Crippen LogP contribution in [-0.2, 0) is 6.42 Å². The van der Waals surface area contributed by atoms with Gasteiger partial charge in [0, 0.05) is 16.6 Å². The van der Waals surface area contributed by atoms with Crippen molar-refractivity contribution in [1.82, 2.24) is 9.97 Å². The van der Waals surface area contributed by atoms with Crippen molar-refractivity contribution < 1.29 is 0 Å². The summed E-state index contributed by atoms with van der Waals surface area (Å²) in [4.78, 5) is 9.34. The molecule has 0 saturated heterocycles. The zero-order chi connectivity index (χ0) is 14.5. The van der Waals surface area contributed by atoms with Gasteiger partial charge in [-0.05, 0) is 35.3 Å². The molecule has 0 radical (unpaired) electrons. The molecule has 0 amide bonds. The van der Waals surface area contributed by atoms with E-state index in [1.54, 1.807) is 0 Å². The quantitative estimate of drug-likeness (QED) is 0.765. The van der Waals surface area contributed by atoms with E-state index >= 15 is 0 Å². The molecule has 106 valence electrons. The molecule has 5 heteroatoms. The number of nitrogens with one attached hydrogen (secondary N) is 1. The number of nitrogens with zero attached hydrogens (tertiary/aromatic N) is 2. The Hall–Kier alpha value is -0.940. The third-order valence-corrected chi connectivity index (χ3v) is 4.39. The smallest absolute Gasteiger partial charge is 0.162 e. The zero-order valence-corrected chi connectivity index (χ0v) is 14.8. The fourth-order valence-electron chi connectivity index (χ4n) is 1.94. The second-order valence-corrected chi connectivity index (χ2v) is 6.06. The Morgan fingerprint density at radius 3 is 2.50 bits per heavy atom. The van der Waals surface area contributed by atoms with Gasteiger partial charge in [0.15, 0.2) is 5.82 Å². The van der Waals surface area contributed by atoms with Crippen LogP contribution in [0.2, 0.25) is 0 Å². The molecular weight excluding hydrogens is 382 g/mol. The average molecular weight is 399 g/mol.